The molecule has 0 aromatic carbocycles. The molecule has 0 spiro atoms. The smallest absolute Gasteiger partial charge is 0.348 e. The lowest BCUT2D eigenvalue weighted by atomic mass is 10.1. The number of thiazole rings is 1. The number of rotatable bonds is 2. The lowest BCUT2D eigenvalue weighted by Crippen LogP contribution is -2.29. The molecule has 8 heteroatoms. The van der Waals surface area contributed by atoms with E-state index in [4.69, 9.17) is 11.6 Å². The van der Waals surface area contributed by atoms with Crippen molar-refractivity contribution in [2.45, 2.75) is 25.4 Å². The largest absolute Gasteiger partial charge is 0.417 e. The van der Waals surface area contributed by atoms with E-state index in [1.54, 1.807) is 5.38 Å². The summed E-state index contributed by atoms with van der Waals surface area (Å²) in [5, 5.41) is 2.61. The van der Waals surface area contributed by atoms with E-state index in [2.05, 4.69) is 14.9 Å². The van der Waals surface area contributed by atoms with Gasteiger partial charge in [-0.25, -0.2) is 4.98 Å². The zero-order valence-corrected chi connectivity index (χ0v) is 13.1. The van der Waals surface area contributed by atoms with Crippen LogP contribution in [0, 0.1) is 0 Å². The molecule has 0 atom stereocenters. The minimum absolute atomic E-state index is 0.0367. The molecule has 1 saturated heterocycles. The summed E-state index contributed by atoms with van der Waals surface area (Å²) in [5.74, 6) is 0. The van der Waals surface area contributed by atoms with Gasteiger partial charge in [0, 0.05) is 24.7 Å². The zero-order valence-electron chi connectivity index (χ0n) is 11.5. The third-order valence-electron chi connectivity index (χ3n) is 3.53. The number of aromatic nitrogens is 2. The predicted molar refractivity (Wildman–Crippen MR) is 81.4 cm³/mol. The van der Waals surface area contributed by atoms with Gasteiger partial charge in [-0.05, 0) is 25.3 Å². The van der Waals surface area contributed by atoms with Gasteiger partial charge in [0.15, 0.2) is 5.13 Å². The molecular weight excluding hydrogens is 335 g/mol. The van der Waals surface area contributed by atoms with Crippen molar-refractivity contribution in [3.05, 3.63) is 28.2 Å². The first kappa shape index (κ1) is 15.6. The average molecular weight is 348 g/mol. The van der Waals surface area contributed by atoms with Gasteiger partial charge < -0.3 is 4.90 Å². The minimum atomic E-state index is -4.45. The molecule has 0 radical (unpaired) electrons. The molecule has 118 valence electrons. The molecule has 0 saturated carbocycles. The van der Waals surface area contributed by atoms with Crippen LogP contribution in [0.1, 0.15) is 24.8 Å². The van der Waals surface area contributed by atoms with Crippen LogP contribution in [0.15, 0.2) is 17.6 Å². The van der Waals surface area contributed by atoms with E-state index in [1.807, 2.05) is 0 Å². The monoisotopic (exact) mass is 347 g/mol. The van der Waals surface area contributed by atoms with Crippen LogP contribution in [-0.2, 0) is 6.18 Å². The first-order valence-electron chi connectivity index (χ1n) is 6.89. The summed E-state index contributed by atoms with van der Waals surface area (Å²) in [6, 6.07) is 0.893. The normalized spacial score (nSPS) is 16.1. The molecule has 0 amide bonds. The number of hydrogen-bond donors (Lipinski definition) is 0. The molecule has 3 nitrogen and oxygen atoms in total. The highest BCUT2D eigenvalue weighted by Gasteiger charge is 2.32. The van der Waals surface area contributed by atoms with Crippen molar-refractivity contribution in [2.24, 2.45) is 0 Å². The fourth-order valence-corrected chi connectivity index (χ4v) is 3.51. The van der Waals surface area contributed by atoms with E-state index in [0.717, 1.165) is 43.3 Å². The Hall–Kier alpha value is -1.34. The van der Waals surface area contributed by atoms with Crippen LogP contribution in [0.4, 0.5) is 18.3 Å². The van der Waals surface area contributed by atoms with Crippen molar-refractivity contribution >= 4 is 28.1 Å². The van der Waals surface area contributed by atoms with E-state index in [0.29, 0.717) is 5.69 Å². The molecule has 3 rings (SSSR count). The average Bonchev–Trinajstić information content (AvgIpc) is 2.96. The van der Waals surface area contributed by atoms with Gasteiger partial charge in [0.25, 0.3) is 0 Å². The number of hydrogen-bond acceptors (Lipinski definition) is 4. The van der Waals surface area contributed by atoms with E-state index >= 15 is 0 Å². The molecule has 1 fully saturated rings. The van der Waals surface area contributed by atoms with Crippen molar-refractivity contribution < 1.29 is 13.2 Å². The SMILES string of the molecule is FC(F)(F)c1cnc(-c2csc(N3CCCCC3)n2)c(Cl)c1. The number of anilines is 1. The van der Waals surface area contributed by atoms with Gasteiger partial charge in [-0.1, -0.05) is 11.6 Å². The third-order valence-corrected chi connectivity index (χ3v) is 4.72. The maximum absolute atomic E-state index is 12.6. The van der Waals surface area contributed by atoms with Gasteiger partial charge in [-0.3, -0.25) is 4.98 Å². The number of pyridine rings is 1. The Labute approximate surface area is 134 Å². The van der Waals surface area contributed by atoms with Gasteiger partial charge in [0.2, 0.25) is 0 Å². The van der Waals surface area contributed by atoms with E-state index in [1.165, 1.54) is 17.8 Å². The summed E-state index contributed by atoms with van der Waals surface area (Å²) >= 11 is 7.42. The lowest BCUT2D eigenvalue weighted by molar-refractivity contribution is -0.137. The van der Waals surface area contributed by atoms with Crippen molar-refractivity contribution in [1.29, 1.82) is 0 Å². The number of piperidine rings is 1. The highest BCUT2D eigenvalue weighted by Crippen LogP contribution is 2.35. The molecule has 3 heterocycles. The minimum Gasteiger partial charge on any atom is -0.348 e. The van der Waals surface area contributed by atoms with Gasteiger partial charge in [0.1, 0.15) is 11.4 Å². The topological polar surface area (TPSA) is 29.0 Å². The molecule has 0 N–H and O–H groups in total. The Morgan fingerprint density at radius 1 is 1.18 bits per heavy atom. The second kappa shape index (κ2) is 6.04. The summed E-state index contributed by atoms with van der Waals surface area (Å²) in [4.78, 5) is 10.5. The van der Waals surface area contributed by atoms with Crippen LogP contribution in [0.2, 0.25) is 5.02 Å². The fraction of sp³-hybridized carbons (Fsp3) is 0.429. The maximum atomic E-state index is 12.6. The molecule has 0 aliphatic carbocycles. The first-order valence-corrected chi connectivity index (χ1v) is 8.14. The molecule has 0 unspecified atom stereocenters. The van der Waals surface area contributed by atoms with E-state index < -0.39 is 11.7 Å². The van der Waals surface area contributed by atoms with Crippen molar-refractivity contribution in [3.8, 4) is 11.4 Å². The number of halogens is 4. The zero-order chi connectivity index (χ0) is 15.7. The molecule has 0 bridgehead atoms. The number of alkyl halides is 3. The second-order valence-corrected chi connectivity index (χ2v) is 6.36. The Morgan fingerprint density at radius 3 is 2.55 bits per heavy atom. The third kappa shape index (κ3) is 3.20. The van der Waals surface area contributed by atoms with Crippen LogP contribution < -0.4 is 4.90 Å². The Kier molecular flexibility index (Phi) is 4.27. The molecule has 2 aromatic rings. The first-order chi connectivity index (χ1) is 10.4. The highest BCUT2D eigenvalue weighted by atomic mass is 35.5. The molecule has 22 heavy (non-hydrogen) atoms. The van der Waals surface area contributed by atoms with Crippen LogP contribution in [-0.4, -0.2) is 23.1 Å². The summed E-state index contributed by atoms with van der Waals surface area (Å²) in [5.41, 5.74) is -0.0498. The maximum Gasteiger partial charge on any atom is 0.417 e. The van der Waals surface area contributed by atoms with Crippen LogP contribution >= 0.6 is 22.9 Å². The van der Waals surface area contributed by atoms with Gasteiger partial charge in [0.05, 0.1) is 10.6 Å². The Balaban J connectivity index is 1.87. The lowest BCUT2D eigenvalue weighted by Gasteiger charge is -2.25. The Morgan fingerprint density at radius 2 is 1.91 bits per heavy atom. The quantitative estimate of drug-likeness (QED) is 0.776. The van der Waals surface area contributed by atoms with Gasteiger partial charge in [-0.15, -0.1) is 11.3 Å². The molecule has 2 aromatic heterocycles. The highest BCUT2D eigenvalue weighted by molar-refractivity contribution is 7.14. The van der Waals surface area contributed by atoms with Crippen molar-refractivity contribution in [2.75, 3.05) is 18.0 Å². The van der Waals surface area contributed by atoms with Gasteiger partial charge >= 0.3 is 6.18 Å². The number of nitrogens with zero attached hydrogens (tertiary/aromatic N) is 3. The second-order valence-electron chi connectivity index (χ2n) is 5.12. The Bertz CT molecular complexity index is 666. The van der Waals surface area contributed by atoms with Crippen LogP contribution in [0.3, 0.4) is 0 Å². The molecule has 1 aliphatic heterocycles. The van der Waals surface area contributed by atoms with Crippen molar-refractivity contribution in [3.63, 3.8) is 0 Å². The summed E-state index contributed by atoms with van der Waals surface area (Å²) in [6.07, 6.45) is -0.166. The fourth-order valence-electron chi connectivity index (χ4n) is 2.38. The molecule has 1 aliphatic rings. The predicted octanol–water partition coefficient (Wildman–Crippen LogP) is 4.87. The van der Waals surface area contributed by atoms with Crippen LogP contribution in [0.25, 0.3) is 11.4 Å². The van der Waals surface area contributed by atoms with E-state index in [-0.39, 0.29) is 10.7 Å². The van der Waals surface area contributed by atoms with Gasteiger partial charge in [-0.2, -0.15) is 13.2 Å². The summed E-state index contributed by atoms with van der Waals surface area (Å²) in [7, 11) is 0. The van der Waals surface area contributed by atoms with Crippen molar-refractivity contribution in [1.82, 2.24) is 9.97 Å². The van der Waals surface area contributed by atoms with E-state index in [9.17, 15) is 13.2 Å². The standard InChI is InChI=1S/C14H13ClF3N3S/c15-10-6-9(14(16,17)18)7-19-12(10)11-8-22-13(20-11)21-4-2-1-3-5-21/h6-8H,1-5H2. The summed E-state index contributed by atoms with van der Waals surface area (Å²) < 4.78 is 37.9. The molecular formula is C14H13ClF3N3S. The van der Waals surface area contributed by atoms with Crippen LogP contribution in [0.5, 0.6) is 0 Å². The summed E-state index contributed by atoms with van der Waals surface area (Å²) in [6.45, 7) is 1.92.